The molecule has 2 amide bonds. The number of halogens is 1. The molecular formula is C17H20ClN5O2S. The van der Waals surface area contributed by atoms with Gasteiger partial charge in [0, 0.05) is 31.1 Å². The van der Waals surface area contributed by atoms with Crippen molar-refractivity contribution in [2.75, 3.05) is 25.4 Å². The van der Waals surface area contributed by atoms with Crippen molar-refractivity contribution >= 4 is 35.2 Å². The van der Waals surface area contributed by atoms with E-state index in [-0.39, 0.29) is 17.6 Å². The lowest BCUT2D eigenvalue weighted by molar-refractivity contribution is -0.127. The molecule has 0 bridgehead atoms. The van der Waals surface area contributed by atoms with Crippen molar-refractivity contribution in [3.63, 3.8) is 0 Å². The third-order valence-electron chi connectivity index (χ3n) is 4.03. The molecule has 7 nitrogen and oxygen atoms in total. The second-order valence-electron chi connectivity index (χ2n) is 5.94. The van der Waals surface area contributed by atoms with Gasteiger partial charge < -0.3 is 10.2 Å². The summed E-state index contributed by atoms with van der Waals surface area (Å²) in [7, 11) is 0. The van der Waals surface area contributed by atoms with Gasteiger partial charge in [0.2, 0.25) is 11.8 Å². The molecule has 1 N–H and O–H groups in total. The van der Waals surface area contributed by atoms with Crippen LogP contribution in [0.4, 0.5) is 0 Å². The van der Waals surface area contributed by atoms with Crippen molar-refractivity contribution in [3.8, 4) is 5.69 Å². The molecule has 26 heavy (non-hydrogen) atoms. The second-order valence-corrected chi connectivity index (χ2v) is 7.32. The second kappa shape index (κ2) is 9.05. The molecule has 2 aromatic rings. The minimum atomic E-state index is -0.0663. The average Bonchev–Trinajstić information content (AvgIpc) is 3.26. The van der Waals surface area contributed by atoms with Gasteiger partial charge in [-0.1, -0.05) is 29.4 Å². The first-order valence-corrected chi connectivity index (χ1v) is 9.83. The molecule has 0 saturated carbocycles. The van der Waals surface area contributed by atoms with Gasteiger partial charge in [-0.25, -0.2) is 0 Å². The quantitative estimate of drug-likeness (QED) is 0.549. The lowest BCUT2D eigenvalue weighted by Crippen LogP contribution is -2.31. The van der Waals surface area contributed by atoms with Gasteiger partial charge in [0.1, 0.15) is 6.33 Å². The van der Waals surface area contributed by atoms with E-state index in [0.717, 1.165) is 25.1 Å². The lowest BCUT2D eigenvalue weighted by Gasteiger charge is -2.15. The molecule has 0 unspecified atom stereocenters. The minimum absolute atomic E-state index is 0.0663. The molecule has 0 atom stereocenters. The van der Waals surface area contributed by atoms with Gasteiger partial charge in [0.15, 0.2) is 5.16 Å². The van der Waals surface area contributed by atoms with Crippen molar-refractivity contribution in [2.24, 2.45) is 0 Å². The van der Waals surface area contributed by atoms with Gasteiger partial charge in [-0.05, 0) is 31.0 Å². The maximum atomic E-state index is 12.0. The Morgan fingerprint density at radius 1 is 1.38 bits per heavy atom. The first-order chi connectivity index (χ1) is 12.6. The molecule has 0 aliphatic carbocycles. The lowest BCUT2D eigenvalue weighted by atomic mass is 10.3. The third kappa shape index (κ3) is 4.98. The molecule has 1 saturated heterocycles. The van der Waals surface area contributed by atoms with Crippen LogP contribution in [0.3, 0.4) is 0 Å². The van der Waals surface area contributed by atoms with Crippen LogP contribution in [0.5, 0.6) is 0 Å². The largest absolute Gasteiger partial charge is 0.355 e. The Hall–Kier alpha value is -2.06. The van der Waals surface area contributed by atoms with Crippen LogP contribution in [0.15, 0.2) is 35.7 Å². The number of hydrogen-bond donors (Lipinski definition) is 1. The van der Waals surface area contributed by atoms with Crippen LogP contribution in [0.2, 0.25) is 5.02 Å². The van der Waals surface area contributed by atoms with Gasteiger partial charge in [-0.2, -0.15) is 0 Å². The molecule has 9 heteroatoms. The third-order valence-corrected chi connectivity index (χ3v) is 5.21. The summed E-state index contributed by atoms with van der Waals surface area (Å²) in [5.74, 6) is 0.401. The number of thioether (sulfide) groups is 1. The zero-order valence-electron chi connectivity index (χ0n) is 14.2. The number of hydrogen-bond acceptors (Lipinski definition) is 5. The molecule has 2 heterocycles. The predicted octanol–water partition coefficient (Wildman–Crippen LogP) is 2.14. The van der Waals surface area contributed by atoms with E-state index in [1.165, 1.54) is 11.8 Å². The number of nitrogens with zero attached hydrogens (tertiary/aromatic N) is 4. The van der Waals surface area contributed by atoms with Crippen molar-refractivity contribution in [2.45, 2.75) is 24.4 Å². The SMILES string of the molecule is O=C(CSc1nncn1-c1cccc(Cl)c1)NCCCN1CCCC1=O. The van der Waals surface area contributed by atoms with Gasteiger partial charge >= 0.3 is 0 Å². The number of carbonyl (C=O) groups excluding carboxylic acids is 2. The number of amides is 2. The van der Waals surface area contributed by atoms with Crippen LogP contribution >= 0.6 is 23.4 Å². The van der Waals surface area contributed by atoms with E-state index in [4.69, 9.17) is 11.6 Å². The Kier molecular flexibility index (Phi) is 6.51. The maximum absolute atomic E-state index is 12.0. The van der Waals surface area contributed by atoms with E-state index in [2.05, 4.69) is 15.5 Å². The average molecular weight is 394 g/mol. The number of likely N-dealkylation sites (tertiary alicyclic amines) is 1. The monoisotopic (exact) mass is 393 g/mol. The minimum Gasteiger partial charge on any atom is -0.355 e. The normalized spacial score (nSPS) is 14.0. The summed E-state index contributed by atoms with van der Waals surface area (Å²) in [6, 6.07) is 7.36. The van der Waals surface area contributed by atoms with Gasteiger partial charge in [0.25, 0.3) is 0 Å². The zero-order valence-corrected chi connectivity index (χ0v) is 15.8. The Bertz CT molecular complexity index is 782. The fraction of sp³-hybridized carbons (Fsp3) is 0.412. The van der Waals surface area contributed by atoms with E-state index >= 15 is 0 Å². The highest BCUT2D eigenvalue weighted by Crippen LogP contribution is 2.21. The summed E-state index contributed by atoms with van der Waals surface area (Å²) in [5, 5.41) is 12.1. The standard InChI is InChI=1S/C17H20ClN5O2S/c18-13-4-1-5-14(10-13)23-12-20-21-17(23)26-11-15(24)19-7-3-9-22-8-2-6-16(22)25/h1,4-5,10,12H,2-3,6-9,11H2,(H,19,24). The van der Waals surface area contributed by atoms with Gasteiger partial charge in [0.05, 0.1) is 11.4 Å². The number of rotatable bonds is 8. The molecule has 0 spiro atoms. The number of nitrogens with one attached hydrogen (secondary N) is 1. The Labute approximate surface area is 161 Å². The highest BCUT2D eigenvalue weighted by atomic mass is 35.5. The van der Waals surface area contributed by atoms with E-state index < -0.39 is 0 Å². The van der Waals surface area contributed by atoms with E-state index in [1.54, 1.807) is 17.0 Å². The smallest absolute Gasteiger partial charge is 0.230 e. The van der Waals surface area contributed by atoms with Crippen molar-refractivity contribution in [3.05, 3.63) is 35.6 Å². The molecular weight excluding hydrogens is 374 g/mol. The van der Waals surface area contributed by atoms with Crippen LogP contribution in [0.25, 0.3) is 5.69 Å². The van der Waals surface area contributed by atoms with E-state index in [0.29, 0.717) is 29.7 Å². The van der Waals surface area contributed by atoms with Crippen LogP contribution in [0.1, 0.15) is 19.3 Å². The van der Waals surface area contributed by atoms with Crippen molar-refractivity contribution < 1.29 is 9.59 Å². The summed E-state index contributed by atoms with van der Waals surface area (Å²) < 4.78 is 1.79. The maximum Gasteiger partial charge on any atom is 0.230 e. The molecule has 1 aliphatic heterocycles. The summed E-state index contributed by atoms with van der Waals surface area (Å²) >= 11 is 7.34. The first-order valence-electron chi connectivity index (χ1n) is 8.47. The molecule has 0 radical (unpaired) electrons. The molecule has 1 aromatic carbocycles. The van der Waals surface area contributed by atoms with E-state index in [1.807, 2.05) is 23.1 Å². The summed E-state index contributed by atoms with van der Waals surface area (Å²) in [5.41, 5.74) is 0.848. The Morgan fingerprint density at radius 3 is 3.04 bits per heavy atom. The highest BCUT2D eigenvalue weighted by molar-refractivity contribution is 7.99. The first kappa shape index (κ1) is 18.7. The van der Waals surface area contributed by atoms with Crippen molar-refractivity contribution in [1.29, 1.82) is 0 Å². The highest BCUT2D eigenvalue weighted by Gasteiger charge is 2.19. The number of carbonyl (C=O) groups is 2. The molecule has 3 rings (SSSR count). The molecule has 1 fully saturated rings. The van der Waals surface area contributed by atoms with Gasteiger partial charge in [-0.15, -0.1) is 10.2 Å². The van der Waals surface area contributed by atoms with Crippen LogP contribution in [-0.2, 0) is 9.59 Å². The number of benzene rings is 1. The Morgan fingerprint density at radius 2 is 2.27 bits per heavy atom. The summed E-state index contributed by atoms with van der Waals surface area (Å²) in [6.45, 7) is 2.10. The number of aromatic nitrogens is 3. The zero-order chi connectivity index (χ0) is 18.4. The van der Waals surface area contributed by atoms with Crippen LogP contribution < -0.4 is 5.32 Å². The van der Waals surface area contributed by atoms with Crippen LogP contribution in [0, 0.1) is 0 Å². The summed E-state index contributed by atoms with van der Waals surface area (Å²) in [6.07, 6.45) is 3.95. The fourth-order valence-corrected chi connectivity index (χ4v) is 3.69. The summed E-state index contributed by atoms with van der Waals surface area (Å²) in [4.78, 5) is 25.4. The topological polar surface area (TPSA) is 80.1 Å². The van der Waals surface area contributed by atoms with E-state index in [9.17, 15) is 9.59 Å². The molecule has 1 aliphatic rings. The predicted molar refractivity (Wildman–Crippen MR) is 101 cm³/mol. The van der Waals surface area contributed by atoms with Crippen molar-refractivity contribution in [1.82, 2.24) is 25.0 Å². The molecule has 138 valence electrons. The van der Waals surface area contributed by atoms with Crippen LogP contribution in [-0.4, -0.2) is 56.9 Å². The van der Waals surface area contributed by atoms with Gasteiger partial charge in [-0.3, -0.25) is 14.2 Å². The molecule has 1 aromatic heterocycles. The Balaban J connectivity index is 1.42. The fourth-order valence-electron chi connectivity index (χ4n) is 2.75.